The van der Waals surface area contributed by atoms with Gasteiger partial charge in [0, 0.05) is 13.0 Å². The van der Waals surface area contributed by atoms with Crippen LogP contribution < -0.4 is 0 Å². The zero-order valence-corrected chi connectivity index (χ0v) is 4.46. The zero-order chi connectivity index (χ0) is 6.41. The molecular formula is C5H8O3. The molecule has 8 heavy (non-hydrogen) atoms. The summed E-state index contributed by atoms with van der Waals surface area (Å²) in [6.45, 7) is -0.160. The second-order valence-electron chi connectivity index (χ2n) is 1.38. The van der Waals surface area contributed by atoms with Crippen molar-refractivity contribution in [2.45, 2.75) is 12.8 Å². The van der Waals surface area contributed by atoms with E-state index in [1.54, 1.807) is 0 Å². The predicted molar refractivity (Wildman–Crippen MR) is 27.4 cm³/mol. The number of aliphatic hydroxyl groups excluding tert-OH is 1. The van der Waals surface area contributed by atoms with Crippen LogP contribution in [-0.2, 0) is 9.59 Å². The van der Waals surface area contributed by atoms with E-state index in [4.69, 9.17) is 5.11 Å². The van der Waals surface area contributed by atoms with Gasteiger partial charge in [-0.25, -0.2) is 0 Å². The largest absolute Gasteiger partial charge is 0.396 e. The summed E-state index contributed by atoms with van der Waals surface area (Å²) in [5.41, 5.74) is 0. The predicted octanol–water partition coefficient (Wildman–Crippen LogP) is -0.473. The lowest BCUT2D eigenvalue weighted by Crippen LogP contribution is -2.00. The van der Waals surface area contributed by atoms with Crippen molar-refractivity contribution in [2.75, 3.05) is 6.61 Å². The lowest BCUT2D eigenvalue weighted by molar-refractivity contribution is -0.122. The highest BCUT2D eigenvalue weighted by molar-refractivity contribution is 5.89. The molecule has 0 bridgehead atoms. The summed E-state index contributed by atoms with van der Waals surface area (Å²) in [5, 5.41) is 8.13. The highest BCUT2D eigenvalue weighted by atomic mass is 16.3. The van der Waals surface area contributed by atoms with Gasteiger partial charge < -0.3 is 9.90 Å². The summed E-state index contributed by atoms with van der Waals surface area (Å²) >= 11 is 0. The van der Waals surface area contributed by atoms with Crippen LogP contribution in [0.5, 0.6) is 0 Å². The quantitative estimate of drug-likeness (QED) is 0.399. The number of hydrogen-bond donors (Lipinski definition) is 1. The van der Waals surface area contributed by atoms with Crippen molar-refractivity contribution in [1.82, 2.24) is 0 Å². The summed E-state index contributed by atoms with van der Waals surface area (Å²) in [4.78, 5) is 19.8. The molecule has 0 spiro atoms. The van der Waals surface area contributed by atoms with Gasteiger partial charge in [0.2, 0.25) is 0 Å². The lowest BCUT2D eigenvalue weighted by atomic mass is 10.2. The summed E-state index contributed by atoms with van der Waals surface area (Å²) in [5.74, 6) is -0.206. The Morgan fingerprint density at radius 1 is 1.62 bits per heavy atom. The van der Waals surface area contributed by atoms with Crippen molar-refractivity contribution in [3.63, 3.8) is 0 Å². The number of aldehydes is 1. The molecule has 0 heterocycles. The topological polar surface area (TPSA) is 54.4 Å². The maximum Gasteiger partial charge on any atom is 0.142 e. The Morgan fingerprint density at radius 3 is 2.62 bits per heavy atom. The number of aliphatic hydroxyl groups is 1. The smallest absolute Gasteiger partial charge is 0.142 e. The van der Waals surface area contributed by atoms with Crippen molar-refractivity contribution in [1.29, 1.82) is 0 Å². The Kier molecular flexibility index (Phi) is 4.07. The maximum atomic E-state index is 10.3. The molecule has 0 atom stereocenters. The summed E-state index contributed by atoms with van der Waals surface area (Å²) in [6.07, 6.45) is 0.567. The molecule has 46 valence electrons. The molecule has 0 saturated carbocycles. The third-order valence-corrected chi connectivity index (χ3v) is 0.702. The van der Waals surface area contributed by atoms with Crippen molar-refractivity contribution in [2.24, 2.45) is 0 Å². The first-order valence-corrected chi connectivity index (χ1v) is 2.37. The van der Waals surface area contributed by atoms with E-state index < -0.39 is 0 Å². The first-order valence-electron chi connectivity index (χ1n) is 2.37. The van der Waals surface area contributed by atoms with E-state index in [2.05, 4.69) is 0 Å². The van der Waals surface area contributed by atoms with Gasteiger partial charge in [-0.1, -0.05) is 0 Å². The molecule has 0 amide bonds. The average molecular weight is 116 g/mol. The molecule has 1 N–H and O–H groups in total. The molecule has 0 unspecified atom stereocenters. The van der Waals surface area contributed by atoms with Crippen molar-refractivity contribution >= 4 is 12.1 Å². The standard InChI is InChI=1S/C5H8O3/c6-3-1-5(8)2-4-7/h3,7H,1-2,4H2. The van der Waals surface area contributed by atoms with Crippen molar-refractivity contribution < 1.29 is 14.7 Å². The van der Waals surface area contributed by atoms with E-state index in [9.17, 15) is 9.59 Å². The van der Waals surface area contributed by atoms with E-state index in [0.29, 0.717) is 6.29 Å². The van der Waals surface area contributed by atoms with Crippen LogP contribution in [0.15, 0.2) is 0 Å². The average Bonchev–Trinajstić information content (AvgIpc) is 1.68. The van der Waals surface area contributed by atoms with Gasteiger partial charge in [0.1, 0.15) is 12.1 Å². The Hall–Kier alpha value is -0.700. The highest BCUT2D eigenvalue weighted by Crippen LogP contribution is 1.83. The monoisotopic (exact) mass is 116 g/mol. The second-order valence-corrected chi connectivity index (χ2v) is 1.38. The highest BCUT2D eigenvalue weighted by Gasteiger charge is 1.96. The summed E-state index contributed by atoms with van der Waals surface area (Å²) in [6, 6.07) is 0. The minimum atomic E-state index is -0.206. The van der Waals surface area contributed by atoms with Crippen molar-refractivity contribution in [3.8, 4) is 0 Å². The Morgan fingerprint density at radius 2 is 2.25 bits per heavy atom. The second kappa shape index (κ2) is 4.46. The van der Waals surface area contributed by atoms with Crippen LogP contribution in [0.4, 0.5) is 0 Å². The third kappa shape index (κ3) is 3.49. The van der Waals surface area contributed by atoms with Gasteiger partial charge in [0.25, 0.3) is 0 Å². The molecule has 0 aliphatic rings. The van der Waals surface area contributed by atoms with Gasteiger partial charge in [-0.2, -0.15) is 0 Å². The van der Waals surface area contributed by atoms with E-state index in [0.717, 1.165) is 0 Å². The summed E-state index contributed by atoms with van der Waals surface area (Å²) < 4.78 is 0. The van der Waals surface area contributed by atoms with Crippen LogP contribution in [0.2, 0.25) is 0 Å². The lowest BCUT2D eigenvalue weighted by Gasteiger charge is -1.86. The van der Waals surface area contributed by atoms with Crippen LogP contribution in [-0.4, -0.2) is 23.8 Å². The van der Waals surface area contributed by atoms with E-state index in [-0.39, 0.29) is 25.2 Å². The SMILES string of the molecule is O=CCC(=O)CCO. The van der Waals surface area contributed by atoms with Crippen LogP contribution in [0.1, 0.15) is 12.8 Å². The molecule has 0 rings (SSSR count). The Bertz CT molecular complexity index is 87.7. The van der Waals surface area contributed by atoms with Crippen LogP contribution in [0.25, 0.3) is 0 Å². The van der Waals surface area contributed by atoms with Gasteiger partial charge in [-0.15, -0.1) is 0 Å². The van der Waals surface area contributed by atoms with E-state index in [1.807, 2.05) is 0 Å². The molecular weight excluding hydrogens is 108 g/mol. The van der Waals surface area contributed by atoms with E-state index >= 15 is 0 Å². The third-order valence-electron chi connectivity index (χ3n) is 0.702. The summed E-state index contributed by atoms with van der Waals surface area (Å²) in [7, 11) is 0. The number of hydrogen-bond acceptors (Lipinski definition) is 3. The molecule has 0 radical (unpaired) electrons. The minimum absolute atomic E-state index is 0.0689. The Balaban J connectivity index is 3.18. The molecule has 0 aromatic heterocycles. The molecule has 0 aromatic rings. The fraction of sp³-hybridized carbons (Fsp3) is 0.600. The number of carbonyl (C=O) groups excluding carboxylic acids is 2. The van der Waals surface area contributed by atoms with Crippen LogP contribution in [0, 0.1) is 0 Å². The van der Waals surface area contributed by atoms with Crippen molar-refractivity contribution in [3.05, 3.63) is 0 Å². The first kappa shape index (κ1) is 7.30. The number of ketones is 1. The first-order chi connectivity index (χ1) is 3.81. The van der Waals surface area contributed by atoms with E-state index in [1.165, 1.54) is 0 Å². The molecule has 0 aromatic carbocycles. The van der Waals surface area contributed by atoms with Gasteiger partial charge in [-0.05, 0) is 0 Å². The fourth-order valence-corrected chi connectivity index (χ4v) is 0.320. The molecule has 0 fully saturated rings. The minimum Gasteiger partial charge on any atom is -0.396 e. The number of carbonyl (C=O) groups is 2. The number of rotatable bonds is 4. The van der Waals surface area contributed by atoms with Crippen LogP contribution >= 0.6 is 0 Å². The molecule has 3 heteroatoms. The molecule has 3 nitrogen and oxygen atoms in total. The Labute approximate surface area is 47.3 Å². The van der Waals surface area contributed by atoms with Crippen LogP contribution in [0.3, 0.4) is 0 Å². The molecule has 0 aliphatic carbocycles. The molecule has 0 aliphatic heterocycles. The van der Waals surface area contributed by atoms with Gasteiger partial charge in [0.15, 0.2) is 0 Å². The zero-order valence-electron chi connectivity index (χ0n) is 4.46. The molecule has 0 saturated heterocycles. The maximum absolute atomic E-state index is 10.3. The number of Topliss-reactive ketones (excluding diaryl/α,β-unsaturated/α-hetero) is 1. The van der Waals surface area contributed by atoms with Gasteiger partial charge >= 0.3 is 0 Å². The fourth-order valence-electron chi connectivity index (χ4n) is 0.320. The van der Waals surface area contributed by atoms with Gasteiger partial charge in [-0.3, -0.25) is 4.79 Å². The van der Waals surface area contributed by atoms with Gasteiger partial charge in [0.05, 0.1) is 6.42 Å². The normalized spacial score (nSPS) is 8.62.